The van der Waals surface area contributed by atoms with E-state index in [0.717, 1.165) is 5.56 Å². The largest absolute Gasteiger partial charge is 0.503 e. The number of carbonyl (C=O) groups is 2. The molecular weight excluding hydrogens is 462 g/mol. The third kappa shape index (κ3) is 5.15. The number of Topliss-reactive ketones (excluding diaryl/α,β-unsaturated/α-hetero) is 1. The zero-order valence-corrected chi connectivity index (χ0v) is 20.3. The number of aliphatic hydroxyl groups excluding tert-OH is 1. The second-order valence-electron chi connectivity index (χ2n) is 7.94. The normalized spacial score (nSPS) is 15.4. The Hall–Kier alpha value is -3.84. The van der Waals surface area contributed by atoms with Gasteiger partial charge in [-0.1, -0.05) is 55.1 Å². The van der Waals surface area contributed by atoms with E-state index >= 15 is 0 Å². The first-order valence-electron chi connectivity index (χ1n) is 11.4. The summed E-state index contributed by atoms with van der Waals surface area (Å²) in [7, 11) is 0. The van der Waals surface area contributed by atoms with Gasteiger partial charge in [-0.15, -0.1) is 11.3 Å². The molecule has 3 aromatic rings. The van der Waals surface area contributed by atoms with E-state index in [4.69, 9.17) is 9.47 Å². The van der Waals surface area contributed by atoms with Crippen LogP contribution >= 0.6 is 11.3 Å². The molecule has 1 aliphatic rings. The van der Waals surface area contributed by atoms with Crippen LogP contribution in [0.3, 0.4) is 0 Å². The van der Waals surface area contributed by atoms with E-state index in [-0.39, 0.29) is 11.4 Å². The Bertz CT molecular complexity index is 1230. The van der Waals surface area contributed by atoms with Crippen molar-refractivity contribution in [1.82, 2.24) is 4.90 Å². The predicted octanol–water partition coefficient (Wildman–Crippen LogP) is 5.53. The lowest BCUT2D eigenvalue weighted by molar-refractivity contribution is -0.129. The van der Waals surface area contributed by atoms with Gasteiger partial charge >= 0.3 is 0 Å². The van der Waals surface area contributed by atoms with Gasteiger partial charge in [0.15, 0.2) is 17.3 Å². The van der Waals surface area contributed by atoms with Crippen LogP contribution in [-0.2, 0) is 11.2 Å². The molecule has 0 saturated heterocycles. The summed E-state index contributed by atoms with van der Waals surface area (Å²) in [6, 6.07) is 17.8. The summed E-state index contributed by atoms with van der Waals surface area (Å²) in [5.74, 6) is -0.392. The Kier molecular flexibility index (Phi) is 7.67. The van der Waals surface area contributed by atoms with Crippen molar-refractivity contribution in [2.24, 2.45) is 0 Å². The summed E-state index contributed by atoms with van der Waals surface area (Å²) < 4.78 is 11.5. The summed E-state index contributed by atoms with van der Waals surface area (Å²) in [4.78, 5) is 28.7. The maximum atomic E-state index is 13.4. The van der Waals surface area contributed by atoms with Gasteiger partial charge in [0.1, 0.15) is 6.61 Å². The molecule has 1 aromatic heterocycles. The number of rotatable bonds is 11. The minimum Gasteiger partial charge on any atom is -0.503 e. The van der Waals surface area contributed by atoms with E-state index in [1.807, 2.05) is 37.3 Å². The number of ketones is 1. The van der Waals surface area contributed by atoms with Gasteiger partial charge in [-0.3, -0.25) is 9.59 Å². The monoisotopic (exact) mass is 489 g/mol. The Morgan fingerprint density at radius 2 is 1.91 bits per heavy atom. The molecule has 0 fully saturated rings. The van der Waals surface area contributed by atoms with Gasteiger partial charge < -0.3 is 19.5 Å². The van der Waals surface area contributed by atoms with Crippen molar-refractivity contribution in [2.45, 2.75) is 19.4 Å². The van der Waals surface area contributed by atoms with Gasteiger partial charge in [-0.05, 0) is 48.1 Å². The fourth-order valence-electron chi connectivity index (χ4n) is 4.13. The molecule has 180 valence electrons. The first-order chi connectivity index (χ1) is 17.0. The molecule has 0 aliphatic carbocycles. The molecule has 0 saturated carbocycles. The van der Waals surface area contributed by atoms with Crippen molar-refractivity contribution < 1.29 is 24.2 Å². The Morgan fingerprint density at radius 3 is 2.60 bits per heavy atom. The van der Waals surface area contributed by atoms with Crippen LogP contribution in [0.25, 0.3) is 0 Å². The number of aliphatic hydroxyl groups is 1. The topological polar surface area (TPSA) is 76.1 Å². The lowest BCUT2D eigenvalue weighted by Crippen LogP contribution is -2.33. The summed E-state index contributed by atoms with van der Waals surface area (Å²) in [5.41, 5.74) is 1.79. The Morgan fingerprint density at radius 1 is 1.11 bits per heavy atom. The summed E-state index contributed by atoms with van der Waals surface area (Å²) >= 11 is 1.27. The lowest BCUT2D eigenvalue weighted by atomic mass is 9.95. The summed E-state index contributed by atoms with van der Waals surface area (Å²) in [6.07, 6.45) is 2.22. The molecule has 1 N–H and O–H groups in total. The van der Waals surface area contributed by atoms with Crippen LogP contribution in [0.15, 0.2) is 90.0 Å². The maximum Gasteiger partial charge on any atom is 0.290 e. The van der Waals surface area contributed by atoms with E-state index in [1.54, 1.807) is 46.7 Å². The molecule has 2 aromatic carbocycles. The molecule has 0 spiro atoms. The van der Waals surface area contributed by atoms with Crippen molar-refractivity contribution in [1.29, 1.82) is 0 Å². The van der Waals surface area contributed by atoms with E-state index in [2.05, 4.69) is 6.58 Å². The zero-order valence-electron chi connectivity index (χ0n) is 19.5. The third-order valence-corrected chi connectivity index (χ3v) is 6.59. The fourth-order valence-corrected chi connectivity index (χ4v) is 4.81. The molecule has 1 amide bonds. The molecule has 0 bridgehead atoms. The van der Waals surface area contributed by atoms with Gasteiger partial charge in [0.25, 0.3) is 5.91 Å². The first-order valence-corrected chi connectivity index (χ1v) is 12.3. The minimum absolute atomic E-state index is 0.0766. The van der Waals surface area contributed by atoms with Crippen LogP contribution in [0.5, 0.6) is 11.5 Å². The molecule has 1 atom stereocenters. The second kappa shape index (κ2) is 11.1. The number of ether oxygens (including phenoxy) is 2. The second-order valence-corrected chi connectivity index (χ2v) is 8.89. The summed E-state index contributed by atoms with van der Waals surface area (Å²) in [5, 5.41) is 12.7. The van der Waals surface area contributed by atoms with Crippen molar-refractivity contribution in [3.8, 4) is 11.5 Å². The SMILES string of the molecule is C=CCOc1ccc(C2C(C(=O)c3cccs3)=C(O)C(=O)N2CCc2ccccc2)cc1OCC. The van der Waals surface area contributed by atoms with Crippen LogP contribution in [0, 0.1) is 0 Å². The van der Waals surface area contributed by atoms with E-state index in [1.165, 1.54) is 11.3 Å². The standard InChI is InChI=1S/C28H27NO5S/c1-3-16-34-21-13-12-20(18-22(21)33-4-2)25-24(26(30)23-11-8-17-35-23)27(31)28(32)29(25)15-14-19-9-6-5-7-10-19/h3,5-13,17-18,25,31H,1,4,14-16H2,2H3. The highest BCUT2D eigenvalue weighted by molar-refractivity contribution is 7.12. The van der Waals surface area contributed by atoms with Gasteiger partial charge in [0.2, 0.25) is 5.78 Å². The molecule has 7 heteroatoms. The highest BCUT2D eigenvalue weighted by atomic mass is 32.1. The van der Waals surface area contributed by atoms with Gasteiger partial charge in [-0.2, -0.15) is 0 Å². The molecular formula is C28H27NO5S. The molecule has 2 heterocycles. The van der Waals surface area contributed by atoms with Crippen LogP contribution in [0.1, 0.15) is 33.8 Å². The zero-order chi connectivity index (χ0) is 24.8. The quantitative estimate of drug-likeness (QED) is 0.283. The van der Waals surface area contributed by atoms with E-state index in [9.17, 15) is 14.7 Å². The lowest BCUT2D eigenvalue weighted by Gasteiger charge is -2.27. The number of hydrogen-bond acceptors (Lipinski definition) is 6. The number of benzene rings is 2. The van der Waals surface area contributed by atoms with Crippen LogP contribution < -0.4 is 9.47 Å². The minimum atomic E-state index is -0.756. The fraction of sp³-hybridized carbons (Fsp3) is 0.214. The molecule has 4 rings (SSSR count). The molecule has 35 heavy (non-hydrogen) atoms. The summed E-state index contributed by atoms with van der Waals surface area (Å²) in [6.45, 7) is 6.60. The van der Waals surface area contributed by atoms with E-state index in [0.29, 0.717) is 48.1 Å². The maximum absolute atomic E-state index is 13.4. The van der Waals surface area contributed by atoms with Crippen LogP contribution in [-0.4, -0.2) is 41.5 Å². The van der Waals surface area contributed by atoms with Gasteiger partial charge in [-0.25, -0.2) is 0 Å². The third-order valence-electron chi connectivity index (χ3n) is 5.72. The van der Waals surface area contributed by atoms with Crippen LogP contribution in [0.4, 0.5) is 0 Å². The predicted molar refractivity (Wildman–Crippen MR) is 136 cm³/mol. The smallest absolute Gasteiger partial charge is 0.290 e. The molecule has 0 radical (unpaired) electrons. The van der Waals surface area contributed by atoms with Gasteiger partial charge in [0, 0.05) is 6.54 Å². The van der Waals surface area contributed by atoms with E-state index < -0.39 is 17.7 Å². The molecule has 1 unspecified atom stereocenters. The Balaban J connectivity index is 1.75. The number of thiophene rings is 1. The Labute approximate surface area is 208 Å². The number of hydrogen-bond donors (Lipinski definition) is 1. The van der Waals surface area contributed by atoms with Crippen molar-refractivity contribution in [2.75, 3.05) is 19.8 Å². The first kappa shape index (κ1) is 24.3. The van der Waals surface area contributed by atoms with Crippen LogP contribution in [0.2, 0.25) is 0 Å². The average molecular weight is 490 g/mol. The van der Waals surface area contributed by atoms with Crippen molar-refractivity contribution >= 4 is 23.0 Å². The molecule has 1 aliphatic heterocycles. The highest BCUT2D eigenvalue weighted by Gasteiger charge is 2.44. The van der Waals surface area contributed by atoms with Crippen molar-refractivity contribution in [3.05, 3.63) is 106 Å². The van der Waals surface area contributed by atoms with Gasteiger partial charge in [0.05, 0.1) is 23.1 Å². The molecule has 6 nitrogen and oxygen atoms in total. The number of nitrogens with zero attached hydrogens (tertiary/aromatic N) is 1. The van der Waals surface area contributed by atoms with Crippen molar-refractivity contribution in [3.63, 3.8) is 0 Å². The average Bonchev–Trinajstić information content (AvgIpc) is 3.50. The highest BCUT2D eigenvalue weighted by Crippen LogP contribution is 2.42. The number of amides is 1. The number of carbonyl (C=O) groups excluding carboxylic acids is 2.